The zero-order valence-corrected chi connectivity index (χ0v) is 12.5. The Hall–Kier alpha value is -0.580. The number of nitrogens with zero attached hydrogens (tertiary/aromatic N) is 1. The second-order valence-corrected chi connectivity index (χ2v) is 5.83. The normalized spacial score (nSPS) is 16.6. The van der Waals surface area contributed by atoms with Crippen LogP contribution in [0.2, 0.25) is 0 Å². The monoisotopic (exact) mass is 288 g/mol. The first-order valence-electron chi connectivity index (χ1n) is 6.16. The SMILES string of the molecule is CC(C(=O)N(C)CCc1cccs1)C1CNC1.Cl. The third kappa shape index (κ3) is 3.70. The van der Waals surface area contributed by atoms with Crippen molar-refractivity contribution in [1.29, 1.82) is 0 Å². The maximum Gasteiger partial charge on any atom is 0.225 e. The van der Waals surface area contributed by atoms with Gasteiger partial charge >= 0.3 is 0 Å². The molecule has 1 amide bonds. The molecule has 2 rings (SSSR count). The van der Waals surface area contributed by atoms with Gasteiger partial charge in [-0.3, -0.25) is 4.79 Å². The van der Waals surface area contributed by atoms with Crippen molar-refractivity contribution in [1.82, 2.24) is 10.2 Å². The molecule has 5 heteroatoms. The van der Waals surface area contributed by atoms with Gasteiger partial charge in [0.1, 0.15) is 0 Å². The average Bonchev–Trinajstić information content (AvgIpc) is 2.75. The molecule has 1 saturated heterocycles. The van der Waals surface area contributed by atoms with Gasteiger partial charge in [0.05, 0.1) is 0 Å². The number of nitrogens with one attached hydrogen (secondary N) is 1. The van der Waals surface area contributed by atoms with Crippen LogP contribution in [0.5, 0.6) is 0 Å². The number of hydrogen-bond acceptors (Lipinski definition) is 3. The maximum absolute atomic E-state index is 12.1. The molecule has 3 nitrogen and oxygen atoms in total. The molecule has 0 saturated carbocycles. The highest BCUT2D eigenvalue weighted by atomic mass is 35.5. The Labute approximate surface area is 119 Å². The number of hydrogen-bond donors (Lipinski definition) is 1. The van der Waals surface area contributed by atoms with Crippen LogP contribution in [-0.2, 0) is 11.2 Å². The molecule has 0 bridgehead atoms. The first kappa shape index (κ1) is 15.5. The molecule has 2 heterocycles. The summed E-state index contributed by atoms with van der Waals surface area (Å²) in [6.07, 6.45) is 0.968. The van der Waals surface area contributed by atoms with Crippen LogP contribution in [-0.4, -0.2) is 37.5 Å². The van der Waals surface area contributed by atoms with E-state index in [1.165, 1.54) is 4.88 Å². The molecule has 18 heavy (non-hydrogen) atoms. The highest BCUT2D eigenvalue weighted by molar-refractivity contribution is 7.09. The van der Waals surface area contributed by atoms with Gasteiger partial charge in [-0.05, 0) is 36.9 Å². The summed E-state index contributed by atoms with van der Waals surface area (Å²) in [7, 11) is 1.92. The average molecular weight is 289 g/mol. The zero-order chi connectivity index (χ0) is 12.3. The van der Waals surface area contributed by atoms with Crippen molar-refractivity contribution in [2.45, 2.75) is 13.3 Å². The van der Waals surface area contributed by atoms with Gasteiger partial charge in [0, 0.05) is 24.4 Å². The topological polar surface area (TPSA) is 32.3 Å². The number of carbonyl (C=O) groups is 1. The van der Waals surface area contributed by atoms with Crippen LogP contribution in [0.15, 0.2) is 17.5 Å². The standard InChI is InChI=1S/C13H20N2OS.ClH/c1-10(11-8-14-9-11)13(16)15(2)6-5-12-4-3-7-17-12;/h3-4,7,10-11,14H,5-6,8-9H2,1-2H3;1H. The summed E-state index contributed by atoms with van der Waals surface area (Å²) in [4.78, 5) is 15.4. The third-order valence-electron chi connectivity index (χ3n) is 3.56. The highest BCUT2D eigenvalue weighted by Crippen LogP contribution is 2.18. The van der Waals surface area contributed by atoms with Gasteiger partial charge in [0.25, 0.3) is 0 Å². The smallest absolute Gasteiger partial charge is 0.225 e. The van der Waals surface area contributed by atoms with E-state index in [0.717, 1.165) is 26.1 Å². The van der Waals surface area contributed by atoms with Gasteiger partial charge in [0.15, 0.2) is 0 Å². The summed E-state index contributed by atoms with van der Waals surface area (Å²) in [5, 5.41) is 5.30. The van der Waals surface area contributed by atoms with E-state index in [2.05, 4.69) is 29.8 Å². The van der Waals surface area contributed by atoms with Gasteiger partial charge in [-0.2, -0.15) is 0 Å². The van der Waals surface area contributed by atoms with E-state index in [1.807, 2.05) is 11.9 Å². The molecule has 0 aromatic carbocycles. The predicted octanol–water partition coefficient (Wildman–Crippen LogP) is 2.03. The first-order valence-corrected chi connectivity index (χ1v) is 7.04. The molecule has 1 aliphatic heterocycles. The fourth-order valence-corrected chi connectivity index (χ4v) is 2.75. The van der Waals surface area contributed by atoms with Crippen LogP contribution in [0.4, 0.5) is 0 Å². The summed E-state index contributed by atoms with van der Waals surface area (Å²) in [6, 6.07) is 4.19. The van der Waals surface area contributed by atoms with Crippen molar-refractivity contribution < 1.29 is 4.79 Å². The molecule has 1 N–H and O–H groups in total. The zero-order valence-electron chi connectivity index (χ0n) is 10.9. The number of thiophene rings is 1. The molecule has 0 aliphatic carbocycles. The van der Waals surface area contributed by atoms with Crippen molar-refractivity contribution in [2.24, 2.45) is 11.8 Å². The Morgan fingerprint density at radius 2 is 2.33 bits per heavy atom. The van der Waals surface area contributed by atoms with E-state index in [4.69, 9.17) is 0 Å². The minimum absolute atomic E-state index is 0. The van der Waals surface area contributed by atoms with Gasteiger partial charge in [-0.1, -0.05) is 13.0 Å². The van der Waals surface area contributed by atoms with Gasteiger partial charge in [-0.25, -0.2) is 0 Å². The molecule has 1 aliphatic rings. The van der Waals surface area contributed by atoms with E-state index in [9.17, 15) is 4.79 Å². The van der Waals surface area contributed by atoms with E-state index in [1.54, 1.807) is 11.3 Å². The minimum atomic E-state index is 0. The molecule has 0 spiro atoms. The van der Waals surface area contributed by atoms with Crippen LogP contribution in [0.3, 0.4) is 0 Å². The molecule has 0 radical (unpaired) electrons. The molecular formula is C13H21ClN2OS. The van der Waals surface area contributed by atoms with Crippen LogP contribution >= 0.6 is 23.7 Å². The third-order valence-corrected chi connectivity index (χ3v) is 4.50. The van der Waals surface area contributed by atoms with E-state index in [0.29, 0.717) is 5.92 Å². The largest absolute Gasteiger partial charge is 0.345 e. The lowest BCUT2D eigenvalue weighted by Gasteiger charge is -2.33. The fourth-order valence-electron chi connectivity index (χ4n) is 2.06. The highest BCUT2D eigenvalue weighted by Gasteiger charge is 2.30. The predicted molar refractivity (Wildman–Crippen MR) is 78.4 cm³/mol. The quantitative estimate of drug-likeness (QED) is 0.899. The van der Waals surface area contributed by atoms with Crippen molar-refractivity contribution in [3.8, 4) is 0 Å². The van der Waals surface area contributed by atoms with Gasteiger partial charge < -0.3 is 10.2 Å². The summed E-state index contributed by atoms with van der Waals surface area (Å²) < 4.78 is 0. The van der Waals surface area contributed by atoms with Crippen LogP contribution in [0.1, 0.15) is 11.8 Å². The Morgan fingerprint density at radius 3 is 2.83 bits per heavy atom. The van der Waals surface area contributed by atoms with Crippen LogP contribution in [0.25, 0.3) is 0 Å². The lowest BCUT2D eigenvalue weighted by molar-refractivity contribution is -0.136. The van der Waals surface area contributed by atoms with E-state index < -0.39 is 0 Å². The Balaban J connectivity index is 0.00000162. The van der Waals surface area contributed by atoms with Crippen LogP contribution < -0.4 is 5.32 Å². The number of rotatable bonds is 5. The van der Waals surface area contributed by atoms with Gasteiger partial charge in [-0.15, -0.1) is 23.7 Å². The molecule has 1 aromatic rings. The second-order valence-electron chi connectivity index (χ2n) is 4.80. The minimum Gasteiger partial charge on any atom is -0.345 e. The lowest BCUT2D eigenvalue weighted by atomic mass is 9.88. The molecule has 1 atom stereocenters. The summed E-state index contributed by atoms with van der Waals surface area (Å²) in [6.45, 7) is 4.86. The second kappa shape index (κ2) is 7.12. The summed E-state index contributed by atoms with van der Waals surface area (Å²) in [5.41, 5.74) is 0. The molecule has 1 unspecified atom stereocenters. The van der Waals surface area contributed by atoms with Crippen molar-refractivity contribution in [3.05, 3.63) is 22.4 Å². The first-order chi connectivity index (χ1) is 8.18. The maximum atomic E-state index is 12.1. The molecular weight excluding hydrogens is 268 g/mol. The summed E-state index contributed by atoms with van der Waals surface area (Å²) >= 11 is 1.76. The molecule has 1 fully saturated rings. The fraction of sp³-hybridized carbons (Fsp3) is 0.615. The number of likely N-dealkylation sites (N-methyl/N-ethyl adjacent to an activating group) is 1. The number of halogens is 1. The van der Waals surface area contributed by atoms with E-state index in [-0.39, 0.29) is 24.2 Å². The van der Waals surface area contributed by atoms with E-state index >= 15 is 0 Å². The number of amides is 1. The van der Waals surface area contributed by atoms with Crippen molar-refractivity contribution in [2.75, 3.05) is 26.7 Å². The van der Waals surface area contributed by atoms with Crippen LogP contribution in [0, 0.1) is 11.8 Å². The Morgan fingerprint density at radius 1 is 1.61 bits per heavy atom. The van der Waals surface area contributed by atoms with Crippen molar-refractivity contribution >= 4 is 29.7 Å². The molecule has 102 valence electrons. The molecule has 1 aromatic heterocycles. The Bertz CT molecular complexity index is 365. The Kier molecular flexibility index (Phi) is 6.12. The van der Waals surface area contributed by atoms with Crippen molar-refractivity contribution in [3.63, 3.8) is 0 Å². The number of carbonyl (C=O) groups excluding carboxylic acids is 1. The summed E-state index contributed by atoms with van der Waals surface area (Å²) in [5.74, 6) is 0.976. The van der Waals surface area contributed by atoms with Gasteiger partial charge in [0.2, 0.25) is 5.91 Å². The lowest BCUT2D eigenvalue weighted by Crippen LogP contribution is -2.50.